The number of hydrogen-bond donors (Lipinski definition) is 0. The van der Waals surface area contributed by atoms with Gasteiger partial charge >= 0.3 is 23.6 Å². The van der Waals surface area contributed by atoms with Crippen LogP contribution < -0.4 is 10.6 Å². The molecule has 0 saturated carbocycles. The molecule has 0 amide bonds. The average Bonchev–Trinajstić information content (AvgIpc) is 3.64. The minimum absolute atomic E-state index is 0.0333. The van der Waals surface area contributed by atoms with Gasteiger partial charge in [-0.05, 0) is 54.8 Å². The molecule has 0 radical (unpaired) electrons. The quantitative estimate of drug-likeness (QED) is 0.109. The number of azide groups is 1. The van der Waals surface area contributed by atoms with E-state index in [0.29, 0.717) is 19.4 Å². The summed E-state index contributed by atoms with van der Waals surface area (Å²) in [6.45, 7) is -0.474. The van der Waals surface area contributed by atoms with E-state index < -0.39 is 60.5 Å². The highest BCUT2D eigenvalue weighted by Gasteiger charge is 2.60. The first-order valence-corrected chi connectivity index (χ1v) is 14.1. The summed E-state index contributed by atoms with van der Waals surface area (Å²) in [6.07, 6.45) is -3.79. The van der Waals surface area contributed by atoms with Crippen LogP contribution in [0, 0.1) is 0 Å². The first kappa shape index (κ1) is 31.4. The summed E-state index contributed by atoms with van der Waals surface area (Å²) < 4.78 is 38.6. The van der Waals surface area contributed by atoms with Crippen LogP contribution in [-0.4, -0.2) is 71.8 Å². The Balaban J connectivity index is 1.48. The number of anilines is 1. The minimum Gasteiger partial charge on any atom is -0.467 e. The van der Waals surface area contributed by atoms with Gasteiger partial charge in [-0.1, -0.05) is 41.0 Å². The summed E-state index contributed by atoms with van der Waals surface area (Å²) in [5.74, 6) is -2.25. The predicted octanol–water partition coefficient (Wildman–Crippen LogP) is 3.99. The van der Waals surface area contributed by atoms with Crippen molar-refractivity contribution in [3.05, 3.63) is 104 Å². The van der Waals surface area contributed by atoms with Crippen LogP contribution in [0.4, 0.5) is 10.2 Å². The number of carbonyl (C=O) groups is 3. The molecule has 5 atom stereocenters. The van der Waals surface area contributed by atoms with Crippen molar-refractivity contribution in [3.63, 3.8) is 0 Å². The van der Waals surface area contributed by atoms with Crippen LogP contribution in [0.2, 0.25) is 5.02 Å². The SMILES string of the molecule is COC(=O)[C@@H]1CCCN1c1ccn(C2O[C@@](COC(=O)c3cccc(Cl)c3)(N=[N+]=[N-])C(OC(=O)c3ccccc3)[C@@H]2F)c(=O)n1. The molecular formula is C29H26ClFN6O8. The molecule has 0 N–H and O–H groups in total. The van der Waals surface area contributed by atoms with Gasteiger partial charge in [0.25, 0.3) is 0 Å². The largest absolute Gasteiger partial charge is 0.467 e. The lowest BCUT2D eigenvalue weighted by Crippen LogP contribution is -2.47. The molecule has 3 aromatic rings. The van der Waals surface area contributed by atoms with Crippen molar-refractivity contribution in [1.29, 1.82) is 0 Å². The lowest BCUT2D eigenvalue weighted by Gasteiger charge is -2.28. The van der Waals surface area contributed by atoms with Crippen molar-refractivity contribution in [3.8, 4) is 0 Å². The minimum atomic E-state index is -2.44. The number of ether oxygens (including phenoxy) is 4. The van der Waals surface area contributed by atoms with Gasteiger partial charge in [-0.25, -0.2) is 23.6 Å². The molecule has 1 aromatic heterocycles. The fourth-order valence-electron chi connectivity index (χ4n) is 5.21. The van der Waals surface area contributed by atoms with Crippen molar-refractivity contribution in [2.24, 2.45) is 5.11 Å². The number of benzene rings is 2. The molecule has 234 valence electrons. The van der Waals surface area contributed by atoms with E-state index in [-0.39, 0.29) is 22.0 Å². The summed E-state index contributed by atoms with van der Waals surface area (Å²) in [5, 5.41) is 3.83. The zero-order valence-corrected chi connectivity index (χ0v) is 24.4. The molecule has 14 nitrogen and oxygen atoms in total. The lowest BCUT2D eigenvalue weighted by atomic mass is 10.1. The number of methoxy groups -OCH3 is 1. The molecule has 0 bridgehead atoms. The van der Waals surface area contributed by atoms with Crippen molar-refractivity contribution in [1.82, 2.24) is 9.55 Å². The summed E-state index contributed by atoms with van der Waals surface area (Å²) in [6, 6.07) is 14.1. The van der Waals surface area contributed by atoms with E-state index in [1.54, 1.807) is 23.1 Å². The molecule has 2 aromatic carbocycles. The molecule has 2 aliphatic heterocycles. The number of rotatable bonds is 9. The Morgan fingerprint density at radius 1 is 1.16 bits per heavy atom. The monoisotopic (exact) mass is 640 g/mol. The van der Waals surface area contributed by atoms with Crippen LogP contribution in [0.5, 0.6) is 0 Å². The fraction of sp³-hybridized carbons (Fsp3) is 0.345. The molecule has 2 aliphatic rings. The Bertz CT molecular complexity index is 1700. The van der Waals surface area contributed by atoms with Gasteiger partial charge < -0.3 is 23.8 Å². The second kappa shape index (κ2) is 13.3. The number of aromatic nitrogens is 2. The Kier molecular flexibility index (Phi) is 9.32. The van der Waals surface area contributed by atoms with Crippen molar-refractivity contribution >= 4 is 35.3 Å². The van der Waals surface area contributed by atoms with Gasteiger partial charge in [0.2, 0.25) is 5.72 Å². The van der Waals surface area contributed by atoms with E-state index in [1.807, 2.05) is 0 Å². The summed E-state index contributed by atoms with van der Waals surface area (Å²) in [7, 11) is 1.26. The maximum atomic E-state index is 16.3. The highest BCUT2D eigenvalue weighted by Crippen LogP contribution is 2.42. The van der Waals surface area contributed by atoms with E-state index in [1.165, 1.54) is 55.8 Å². The number of carbonyl (C=O) groups excluding carboxylic acids is 3. The molecule has 45 heavy (non-hydrogen) atoms. The predicted molar refractivity (Wildman–Crippen MR) is 155 cm³/mol. The van der Waals surface area contributed by atoms with Gasteiger partial charge in [0, 0.05) is 22.7 Å². The van der Waals surface area contributed by atoms with Gasteiger partial charge in [0.15, 0.2) is 18.5 Å². The molecule has 2 unspecified atom stereocenters. The number of halogens is 2. The summed E-state index contributed by atoms with van der Waals surface area (Å²) in [5.41, 5.74) is 6.12. The van der Waals surface area contributed by atoms with Crippen LogP contribution in [-0.2, 0) is 23.7 Å². The lowest BCUT2D eigenvalue weighted by molar-refractivity contribution is -0.141. The summed E-state index contributed by atoms with van der Waals surface area (Å²) in [4.78, 5) is 59.7. The number of esters is 3. The molecule has 16 heteroatoms. The van der Waals surface area contributed by atoms with E-state index in [2.05, 4.69) is 15.0 Å². The topological polar surface area (TPSA) is 175 Å². The third-order valence-electron chi connectivity index (χ3n) is 7.37. The molecule has 0 aliphatic carbocycles. The van der Waals surface area contributed by atoms with Crippen molar-refractivity contribution < 1.29 is 37.7 Å². The standard InChI is InChI=1S/C29H26ClFN6O8/c1-42-27(40)20-11-6-13-36(20)21-12-14-37(28(41)33-21)24-22(31)23(44-26(39)17-7-3-2-4-8-17)29(45-24,34-35-32)16-43-25(38)18-9-5-10-19(30)15-18/h2-5,7-10,12,14-15,20,22-24H,6,11,13,16H2,1H3/t20-,22-,23?,24?,29+/m0/s1. The van der Waals surface area contributed by atoms with Gasteiger partial charge in [-0.2, -0.15) is 4.98 Å². The van der Waals surface area contributed by atoms with E-state index in [4.69, 9.17) is 30.5 Å². The normalized spacial score (nSPS) is 24.0. The first-order valence-electron chi connectivity index (χ1n) is 13.7. The van der Waals surface area contributed by atoms with Crippen molar-refractivity contribution in [2.45, 2.75) is 43.1 Å². The fourth-order valence-corrected chi connectivity index (χ4v) is 5.40. The van der Waals surface area contributed by atoms with Gasteiger partial charge in [0.05, 0.1) is 18.2 Å². The van der Waals surface area contributed by atoms with Gasteiger partial charge in [-0.15, -0.1) is 0 Å². The summed E-state index contributed by atoms with van der Waals surface area (Å²) >= 11 is 5.97. The maximum absolute atomic E-state index is 16.3. The Morgan fingerprint density at radius 3 is 2.60 bits per heavy atom. The van der Waals surface area contributed by atoms with Crippen LogP contribution >= 0.6 is 11.6 Å². The highest BCUT2D eigenvalue weighted by molar-refractivity contribution is 6.30. The van der Waals surface area contributed by atoms with Gasteiger partial charge in [0.1, 0.15) is 18.5 Å². The average molecular weight is 641 g/mol. The Morgan fingerprint density at radius 2 is 1.91 bits per heavy atom. The maximum Gasteiger partial charge on any atom is 0.351 e. The van der Waals surface area contributed by atoms with E-state index in [0.717, 1.165) is 4.57 Å². The smallest absolute Gasteiger partial charge is 0.351 e. The van der Waals surface area contributed by atoms with Crippen LogP contribution in [0.1, 0.15) is 39.8 Å². The first-order chi connectivity index (χ1) is 21.7. The Labute approximate surface area is 259 Å². The molecular weight excluding hydrogens is 615 g/mol. The molecule has 2 saturated heterocycles. The van der Waals surface area contributed by atoms with E-state index >= 15 is 4.39 Å². The zero-order chi connectivity index (χ0) is 32.1. The van der Waals surface area contributed by atoms with Gasteiger partial charge in [-0.3, -0.25) is 4.57 Å². The second-order valence-electron chi connectivity index (χ2n) is 10.1. The Hall–Kier alpha value is -4.98. The third-order valence-corrected chi connectivity index (χ3v) is 7.60. The molecule has 0 spiro atoms. The third kappa shape index (κ3) is 6.45. The number of nitrogens with zero attached hydrogens (tertiary/aromatic N) is 6. The zero-order valence-electron chi connectivity index (χ0n) is 23.7. The molecule has 5 rings (SSSR count). The van der Waals surface area contributed by atoms with Crippen LogP contribution in [0.15, 0.2) is 76.8 Å². The number of alkyl halides is 1. The molecule has 2 fully saturated rings. The van der Waals surface area contributed by atoms with Crippen molar-refractivity contribution in [2.75, 3.05) is 25.2 Å². The highest BCUT2D eigenvalue weighted by atomic mass is 35.5. The molecule has 3 heterocycles. The second-order valence-corrected chi connectivity index (χ2v) is 10.6. The van der Waals surface area contributed by atoms with Crippen LogP contribution in [0.25, 0.3) is 10.4 Å². The van der Waals surface area contributed by atoms with Crippen LogP contribution in [0.3, 0.4) is 0 Å². The van der Waals surface area contributed by atoms with E-state index in [9.17, 15) is 24.7 Å². The number of hydrogen-bond acceptors (Lipinski definition) is 11.